The van der Waals surface area contributed by atoms with E-state index in [1.807, 2.05) is 49.7 Å². The van der Waals surface area contributed by atoms with Gasteiger partial charge in [-0.3, -0.25) is 9.48 Å². The fourth-order valence-electron chi connectivity index (χ4n) is 6.99. The number of ether oxygens (including phenoxy) is 2. The van der Waals surface area contributed by atoms with Crippen molar-refractivity contribution < 1.29 is 14.3 Å². The third kappa shape index (κ3) is 3.92. The molecule has 1 aromatic carbocycles. The van der Waals surface area contributed by atoms with Crippen LogP contribution in [0.4, 0.5) is 10.6 Å². The number of aromatic amines is 1. The molecule has 5 aliphatic rings. The van der Waals surface area contributed by atoms with Crippen molar-refractivity contribution in [1.29, 1.82) is 0 Å². The van der Waals surface area contributed by atoms with Crippen LogP contribution in [0.25, 0.3) is 22.2 Å². The Bertz CT molecular complexity index is 1450. The summed E-state index contributed by atoms with van der Waals surface area (Å²) in [6, 6.07) is 7.95. The molecule has 5 fully saturated rings. The van der Waals surface area contributed by atoms with Crippen molar-refractivity contribution in [3.05, 3.63) is 34.6 Å². The minimum atomic E-state index is -0.539. The lowest BCUT2D eigenvalue weighted by Gasteiger charge is -2.30. The van der Waals surface area contributed by atoms with Gasteiger partial charge in [0.2, 0.25) is 0 Å². The Balaban J connectivity index is 1.11. The highest BCUT2D eigenvalue weighted by Gasteiger charge is 2.81. The number of nitrogens with two attached hydrogens (primary N) is 1. The minimum Gasteiger partial charge on any atom is -0.490 e. The van der Waals surface area contributed by atoms with E-state index in [9.17, 15) is 9.59 Å². The summed E-state index contributed by atoms with van der Waals surface area (Å²) in [5, 5.41) is 15.0. The van der Waals surface area contributed by atoms with Crippen molar-refractivity contribution in [1.82, 2.24) is 25.3 Å². The van der Waals surface area contributed by atoms with Gasteiger partial charge in [0, 0.05) is 17.5 Å². The van der Waals surface area contributed by atoms with Crippen LogP contribution in [-0.2, 0) is 4.74 Å². The van der Waals surface area contributed by atoms with E-state index in [-0.39, 0.29) is 23.5 Å². The van der Waals surface area contributed by atoms with Gasteiger partial charge in [0.25, 0.3) is 5.56 Å². The second kappa shape index (κ2) is 8.22. The van der Waals surface area contributed by atoms with E-state index in [4.69, 9.17) is 20.3 Å². The number of anilines is 1. The molecule has 2 bridgehead atoms. The summed E-state index contributed by atoms with van der Waals surface area (Å²) in [6.45, 7) is 5.55. The van der Waals surface area contributed by atoms with Gasteiger partial charge in [-0.15, -0.1) is 0 Å². The van der Waals surface area contributed by atoms with Crippen LogP contribution < -0.4 is 21.3 Å². The lowest BCUT2D eigenvalue weighted by atomic mass is 9.91. The number of rotatable bonds is 5. The quantitative estimate of drug-likeness (QED) is 0.464. The van der Waals surface area contributed by atoms with Gasteiger partial charge in [-0.05, 0) is 94.9 Å². The SMILES string of the molecule is CC(C)(C)OC(=O)N[C@H]1CC[C@@H](n2nc(-c3ccc(OC4CC5C6C4C56)cc3)c3c(N)n[nH]c(=O)c32)CC1. The largest absolute Gasteiger partial charge is 0.490 e. The number of nitrogens with one attached hydrogen (secondary N) is 2. The van der Waals surface area contributed by atoms with Gasteiger partial charge >= 0.3 is 6.09 Å². The molecule has 5 aliphatic carbocycles. The van der Waals surface area contributed by atoms with E-state index in [2.05, 4.69) is 15.5 Å². The zero-order valence-corrected chi connectivity index (χ0v) is 21.9. The van der Waals surface area contributed by atoms with Gasteiger partial charge in [-0.1, -0.05) is 0 Å². The molecule has 3 unspecified atom stereocenters. The molecule has 2 heterocycles. The van der Waals surface area contributed by atoms with E-state index in [0.717, 1.165) is 60.7 Å². The molecule has 2 aromatic heterocycles. The number of carbonyl (C=O) groups is 1. The van der Waals surface area contributed by atoms with Crippen LogP contribution in [0.3, 0.4) is 0 Å². The van der Waals surface area contributed by atoms with Crippen LogP contribution in [-0.4, -0.2) is 43.8 Å². The first-order valence-corrected chi connectivity index (χ1v) is 13.7. The van der Waals surface area contributed by atoms with Gasteiger partial charge in [0.05, 0.1) is 11.4 Å². The Kier molecular flexibility index (Phi) is 5.09. The molecule has 3 aromatic rings. The molecule has 0 saturated heterocycles. The molecule has 5 saturated carbocycles. The molecule has 4 N–H and O–H groups in total. The first-order chi connectivity index (χ1) is 18.2. The number of alkyl carbamates (subject to hydrolysis) is 1. The average molecular weight is 519 g/mol. The Morgan fingerprint density at radius 1 is 1.11 bits per heavy atom. The highest BCUT2D eigenvalue weighted by Crippen LogP contribution is 2.82. The summed E-state index contributed by atoms with van der Waals surface area (Å²) in [7, 11) is 0. The number of H-pyrrole nitrogens is 1. The molecular formula is C28H34N6O4. The summed E-state index contributed by atoms with van der Waals surface area (Å²) in [5.41, 5.74) is 7.36. The van der Waals surface area contributed by atoms with Crippen molar-refractivity contribution in [2.75, 3.05) is 5.73 Å². The first-order valence-electron chi connectivity index (χ1n) is 13.7. The van der Waals surface area contributed by atoms with E-state index >= 15 is 0 Å². The Morgan fingerprint density at radius 3 is 2.45 bits per heavy atom. The molecule has 200 valence electrons. The summed E-state index contributed by atoms with van der Waals surface area (Å²) < 4.78 is 13.5. The maximum atomic E-state index is 12.9. The second-order valence-corrected chi connectivity index (χ2v) is 12.4. The number of amides is 1. The highest BCUT2D eigenvalue weighted by molar-refractivity contribution is 5.99. The highest BCUT2D eigenvalue weighted by atomic mass is 16.6. The third-order valence-corrected chi connectivity index (χ3v) is 8.81. The maximum Gasteiger partial charge on any atom is 0.407 e. The van der Waals surface area contributed by atoms with Crippen LogP contribution in [0.2, 0.25) is 0 Å². The van der Waals surface area contributed by atoms with Crippen LogP contribution in [0, 0.1) is 23.7 Å². The van der Waals surface area contributed by atoms with Gasteiger partial charge in [0.1, 0.15) is 28.7 Å². The Morgan fingerprint density at radius 2 is 1.82 bits per heavy atom. The summed E-state index contributed by atoms with van der Waals surface area (Å²) in [5.74, 6) is 4.73. The standard InChI is InChI=1S/C28H34N6O4/c1-28(2,3)38-27(36)30-14-6-8-15(9-7-14)34-24-22(25(29)31-32-26(24)35)23(33-34)13-4-10-16(11-5-13)37-18-12-17-19-20(17)21(18)19/h4-5,10-11,14-15,17-21H,6-9,12H2,1-3H3,(H2,29,31)(H,30,36)(H,32,35)/t14-,15+,17?,18?,19?,20?,21?. The molecule has 0 spiro atoms. The zero-order chi connectivity index (χ0) is 26.3. The number of fused-ring (bicyclic) bond motifs is 2. The average Bonchev–Trinajstić information content (AvgIpc) is 3.59. The summed E-state index contributed by atoms with van der Waals surface area (Å²) in [4.78, 5) is 25.1. The first kappa shape index (κ1) is 23.5. The van der Waals surface area contributed by atoms with Crippen LogP contribution in [0.15, 0.2) is 29.1 Å². The molecule has 3 atom stereocenters. The number of hydrogen-bond acceptors (Lipinski definition) is 7. The third-order valence-electron chi connectivity index (χ3n) is 8.81. The molecule has 38 heavy (non-hydrogen) atoms. The molecule has 10 nitrogen and oxygen atoms in total. The molecule has 8 rings (SSSR count). The number of aromatic nitrogens is 4. The van der Waals surface area contributed by atoms with Crippen molar-refractivity contribution >= 4 is 22.8 Å². The monoisotopic (exact) mass is 518 g/mol. The second-order valence-electron chi connectivity index (χ2n) is 12.4. The van der Waals surface area contributed by atoms with Crippen molar-refractivity contribution in [3.8, 4) is 17.0 Å². The fourth-order valence-corrected chi connectivity index (χ4v) is 6.99. The topological polar surface area (TPSA) is 137 Å². The minimum absolute atomic E-state index is 0.00444. The van der Waals surface area contributed by atoms with Crippen LogP contribution in [0.1, 0.15) is 58.9 Å². The molecule has 10 heteroatoms. The van der Waals surface area contributed by atoms with Crippen molar-refractivity contribution in [3.63, 3.8) is 0 Å². The van der Waals surface area contributed by atoms with Gasteiger partial charge < -0.3 is 20.5 Å². The number of benzene rings is 1. The van der Waals surface area contributed by atoms with Crippen LogP contribution in [0.5, 0.6) is 5.75 Å². The van der Waals surface area contributed by atoms with Gasteiger partial charge in [-0.25, -0.2) is 9.89 Å². The Labute approximate surface area is 220 Å². The normalized spacial score (nSPS) is 31.1. The lowest BCUT2D eigenvalue weighted by Crippen LogP contribution is -2.41. The van der Waals surface area contributed by atoms with Crippen molar-refractivity contribution in [2.45, 2.75) is 76.7 Å². The fraction of sp³-hybridized carbons (Fsp3) is 0.571. The molecule has 0 aliphatic heterocycles. The smallest absolute Gasteiger partial charge is 0.407 e. The Hall–Kier alpha value is -3.56. The van der Waals surface area contributed by atoms with Crippen molar-refractivity contribution in [2.24, 2.45) is 23.7 Å². The van der Waals surface area contributed by atoms with Gasteiger partial charge in [-0.2, -0.15) is 10.2 Å². The van der Waals surface area contributed by atoms with E-state index in [1.165, 1.54) is 6.42 Å². The number of hydrogen-bond donors (Lipinski definition) is 3. The van der Waals surface area contributed by atoms with Crippen LogP contribution >= 0.6 is 0 Å². The van der Waals surface area contributed by atoms with E-state index in [1.54, 1.807) is 0 Å². The predicted octanol–water partition coefficient (Wildman–Crippen LogP) is 4.02. The number of nitrogens with zero attached hydrogens (tertiary/aromatic N) is 3. The lowest BCUT2D eigenvalue weighted by molar-refractivity contribution is 0.0487. The maximum absolute atomic E-state index is 12.9. The summed E-state index contributed by atoms with van der Waals surface area (Å²) >= 11 is 0. The number of nitrogen functional groups attached to an aromatic ring is 1. The molecule has 0 radical (unpaired) electrons. The molecule has 1 amide bonds. The van der Waals surface area contributed by atoms with E-state index < -0.39 is 11.7 Å². The zero-order valence-electron chi connectivity index (χ0n) is 21.9. The number of carbonyl (C=O) groups excluding carboxylic acids is 1. The predicted molar refractivity (Wildman–Crippen MR) is 142 cm³/mol. The summed E-state index contributed by atoms with van der Waals surface area (Å²) in [6.07, 6.45) is 4.19. The van der Waals surface area contributed by atoms with E-state index in [0.29, 0.717) is 22.7 Å². The molecular weight excluding hydrogens is 484 g/mol. The van der Waals surface area contributed by atoms with Gasteiger partial charge in [0.15, 0.2) is 5.82 Å².